The summed E-state index contributed by atoms with van der Waals surface area (Å²) in [4.78, 5) is 26.8. The van der Waals surface area contributed by atoms with E-state index >= 15 is 0 Å². The highest BCUT2D eigenvalue weighted by Gasteiger charge is 2.43. The number of halogens is 2. The van der Waals surface area contributed by atoms with E-state index < -0.39 is 23.3 Å². The number of aromatic amines is 1. The molecule has 0 unspecified atom stereocenters. The van der Waals surface area contributed by atoms with E-state index in [-0.39, 0.29) is 17.7 Å². The molecule has 5 rings (SSSR count). The van der Waals surface area contributed by atoms with Crippen LogP contribution in [0.25, 0.3) is 22.4 Å². The summed E-state index contributed by atoms with van der Waals surface area (Å²) >= 11 is 0. The number of nitrogens with one attached hydrogen (secondary N) is 3. The van der Waals surface area contributed by atoms with Gasteiger partial charge in [0.2, 0.25) is 0 Å². The molecule has 1 spiro atoms. The van der Waals surface area contributed by atoms with Crippen molar-refractivity contribution in [2.45, 2.75) is 37.3 Å². The van der Waals surface area contributed by atoms with Crippen molar-refractivity contribution in [1.29, 1.82) is 0 Å². The smallest absolute Gasteiger partial charge is 0.407 e. The molecular weight excluding hydrogens is 382 g/mol. The number of nitrogens with zero attached hydrogens (tertiary/aromatic N) is 3. The fourth-order valence-electron chi connectivity index (χ4n) is 4.18. The van der Waals surface area contributed by atoms with Crippen LogP contribution in [0.4, 0.5) is 19.4 Å². The Morgan fingerprint density at radius 1 is 1.28 bits per heavy atom. The summed E-state index contributed by atoms with van der Waals surface area (Å²) in [5.74, 6) is -0.729. The molecule has 2 atom stereocenters. The van der Waals surface area contributed by atoms with Crippen molar-refractivity contribution in [2.75, 3.05) is 11.9 Å². The van der Waals surface area contributed by atoms with Crippen molar-refractivity contribution >= 4 is 22.9 Å². The molecule has 2 fully saturated rings. The molecule has 3 N–H and O–H groups in total. The molecule has 3 aromatic heterocycles. The lowest BCUT2D eigenvalue weighted by molar-refractivity contribution is 0.163. The van der Waals surface area contributed by atoms with E-state index in [1.807, 2.05) is 0 Å². The second kappa shape index (κ2) is 6.64. The van der Waals surface area contributed by atoms with Gasteiger partial charge in [-0.2, -0.15) is 0 Å². The van der Waals surface area contributed by atoms with Crippen LogP contribution in [-0.2, 0) is 4.74 Å². The molecule has 10 heteroatoms. The van der Waals surface area contributed by atoms with Crippen LogP contribution < -0.4 is 10.6 Å². The number of alkyl carbamates (subject to hydrolysis) is 1. The van der Waals surface area contributed by atoms with Crippen molar-refractivity contribution in [3.05, 3.63) is 36.3 Å². The first-order valence-electron chi connectivity index (χ1n) is 9.38. The number of hydrogen-bond acceptors (Lipinski definition) is 6. The lowest BCUT2D eigenvalue weighted by Gasteiger charge is -2.36. The summed E-state index contributed by atoms with van der Waals surface area (Å²) in [6.07, 6.45) is 6.53. The van der Waals surface area contributed by atoms with Gasteiger partial charge in [-0.15, -0.1) is 0 Å². The highest BCUT2D eigenvalue weighted by Crippen LogP contribution is 2.34. The van der Waals surface area contributed by atoms with Crippen molar-refractivity contribution < 1.29 is 18.3 Å². The summed E-state index contributed by atoms with van der Waals surface area (Å²) in [7, 11) is 0. The maximum absolute atomic E-state index is 14.4. The van der Waals surface area contributed by atoms with Gasteiger partial charge in [0.1, 0.15) is 18.1 Å². The lowest BCUT2D eigenvalue weighted by atomic mass is 9.80. The monoisotopic (exact) mass is 400 g/mol. The molecule has 1 aliphatic carbocycles. The van der Waals surface area contributed by atoms with E-state index in [2.05, 4.69) is 30.6 Å². The predicted molar refractivity (Wildman–Crippen MR) is 100 cm³/mol. The topological polar surface area (TPSA) is 105 Å². The van der Waals surface area contributed by atoms with Gasteiger partial charge in [-0.25, -0.2) is 28.5 Å². The summed E-state index contributed by atoms with van der Waals surface area (Å²) in [5.41, 5.74) is 0.612. The van der Waals surface area contributed by atoms with Gasteiger partial charge in [-0.3, -0.25) is 0 Å². The molecule has 1 saturated carbocycles. The van der Waals surface area contributed by atoms with E-state index in [9.17, 15) is 13.6 Å². The maximum atomic E-state index is 14.4. The van der Waals surface area contributed by atoms with E-state index in [1.165, 1.54) is 6.07 Å². The molecule has 1 aliphatic heterocycles. The van der Waals surface area contributed by atoms with E-state index in [0.717, 1.165) is 31.7 Å². The fraction of sp³-hybridized carbons (Fsp3) is 0.368. The number of amides is 1. The molecule has 4 heterocycles. The van der Waals surface area contributed by atoms with E-state index in [4.69, 9.17) is 4.74 Å². The number of carbonyl (C=O) groups is 1. The number of carbonyl (C=O) groups excluding carboxylic acids is 1. The van der Waals surface area contributed by atoms with Gasteiger partial charge >= 0.3 is 6.09 Å². The second-order valence-corrected chi connectivity index (χ2v) is 7.56. The third-order valence-electron chi connectivity index (χ3n) is 5.52. The molecule has 1 saturated heterocycles. The van der Waals surface area contributed by atoms with Crippen molar-refractivity contribution in [3.8, 4) is 11.4 Å². The van der Waals surface area contributed by atoms with Gasteiger partial charge in [0.25, 0.3) is 0 Å². The Kier molecular flexibility index (Phi) is 4.07. The Morgan fingerprint density at radius 3 is 3.00 bits per heavy atom. The summed E-state index contributed by atoms with van der Waals surface area (Å²) in [5, 5.41) is 6.55. The first kappa shape index (κ1) is 17.8. The van der Waals surface area contributed by atoms with Crippen LogP contribution in [0.1, 0.15) is 25.7 Å². The maximum Gasteiger partial charge on any atom is 0.407 e. The lowest BCUT2D eigenvalue weighted by Crippen LogP contribution is -2.50. The average molecular weight is 400 g/mol. The molecule has 2 aliphatic rings. The minimum Gasteiger partial charge on any atom is -0.447 e. The number of anilines is 1. The average Bonchev–Trinajstić information content (AvgIpc) is 3.27. The SMILES string of the molecule is O=C1N[C@]2(CCC[C@H](Nc3nc(-c4c[nH]c5ncc(F)cc45)ncc3F)C2)CO1. The molecule has 1 amide bonds. The number of H-pyrrole nitrogens is 1. The Hall–Kier alpha value is -3.30. The number of ether oxygens (including phenoxy) is 1. The van der Waals surface area contributed by atoms with Crippen molar-refractivity contribution in [1.82, 2.24) is 25.3 Å². The fourth-order valence-corrected chi connectivity index (χ4v) is 4.18. The zero-order valence-corrected chi connectivity index (χ0v) is 15.3. The zero-order valence-electron chi connectivity index (χ0n) is 15.3. The zero-order chi connectivity index (χ0) is 20.0. The van der Waals surface area contributed by atoms with Crippen LogP contribution in [0.2, 0.25) is 0 Å². The number of cyclic esters (lactones) is 1. The Morgan fingerprint density at radius 2 is 2.17 bits per heavy atom. The minimum absolute atomic E-state index is 0.0704. The molecule has 29 heavy (non-hydrogen) atoms. The predicted octanol–water partition coefficient (Wildman–Crippen LogP) is 3.13. The number of rotatable bonds is 3. The van der Waals surface area contributed by atoms with E-state index in [1.54, 1.807) is 6.20 Å². The van der Waals surface area contributed by atoms with Crippen molar-refractivity contribution in [2.24, 2.45) is 0 Å². The molecule has 0 radical (unpaired) electrons. The van der Waals surface area contributed by atoms with Gasteiger partial charge in [0.05, 0.1) is 17.9 Å². The van der Waals surface area contributed by atoms with Crippen LogP contribution in [-0.4, -0.2) is 44.2 Å². The Labute approximate surface area is 164 Å². The molecule has 0 bridgehead atoms. The third-order valence-corrected chi connectivity index (χ3v) is 5.52. The summed E-state index contributed by atoms with van der Waals surface area (Å²) in [6, 6.07) is 1.26. The van der Waals surface area contributed by atoms with Crippen LogP contribution in [0, 0.1) is 11.6 Å². The molecule has 3 aromatic rings. The number of pyridine rings is 1. The van der Waals surface area contributed by atoms with Gasteiger partial charge in [-0.1, -0.05) is 0 Å². The number of hydrogen-bond donors (Lipinski definition) is 3. The van der Waals surface area contributed by atoms with Crippen LogP contribution in [0.15, 0.2) is 24.7 Å². The molecule has 150 valence electrons. The largest absolute Gasteiger partial charge is 0.447 e. The summed E-state index contributed by atoms with van der Waals surface area (Å²) in [6.45, 7) is 0.315. The van der Waals surface area contributed by atoms with Crippen LogP contribution in [0.5, 0.6) is 0 Å². The standard InChI is InChI=1S/C19H18F2N6O2/c20-10-4-12-13(7-23-15(12)22-6-10)16-24-8-14(21)17(26-16)25-11-2-1-3-19(5-11)9-29-18(28)27-19/h4,6-8,11H,1-3,5,9H2,(H,22,23)(H,27,28)(H,24,25,26)/t11-,19-/m0/s1. The highest BCUT2D eigenvalue weighted by molar-refractivity contribution is 5.91. The van der Waals surface area contributed by atoms with Crippen LogP contribution in [0.3, 0.4) is 0 Å². The normalized spacial score (nSPS) is 23.9. The second-order valence-electron chi connectivity index (χ2n) is 7.56. The highest BCUT2D eigenvalue weighted by atomic mass is 19.1. The molecule has 0 aromatic carbocycles. The third kappa shape index (κ3) is 3.24. The van der Waals surface area contributed by atoms with Crippen molar-refractivity contribution in [3.63, 3.8) is 0 Å². The van der Waals surface area contributed by atoms with E-state index in [0.29, 0.717) is 29.6 Å². The first-order chi connectivity index (χ1) is 14.0. The minimum atomic E-state index is -0.579. The van der Waals surface area contributed by atoms with Gasteiger partial charge in [0, 0.05) is 23.2 Å². The van der Waals surface area contributed by atoms with Crippen LogP contribution >= 0.6 is 0 Å². The summed E-state index contributed by atoms with van der Waals surface area (Å²) < 4.78 is 33.1. The number of aromatic nitrogens is 4. The molecular formula is C19H18F2N6O2. The van der Waals surface area contributed by atoms with Gasteiger partial charge in [-0.05, 0) is 31.7 Å². The number of fused-ring (bicyclic) bond motifs is 1. The Bertz CT molecular complexity index is 1100. The quantitative estimate of drug-likeness (QED) is 0.624. The molecule has 8 nitrogen and oxygen atoms in total. The Balaban J connectivity index is 1.42. The first-order valence-corrected chi connectivity index (χ1v) is 9.38. The van der Waals surface area contributed by atoms with Gasteiger partial charge in [0.15, 0.2) is 17.5 Å². The van der Waals surface area contributed by atoms with Gasteiger partial charge < -0.3 is 20.4 Å².